The van der Waals surface area contributed by atoms with Crippen LogP contribution in [0.15, 0.2) is 48.5 Å². The molecule has 0 saturated heterocycles. The first kappa shape index (κ1) is 12.9. The van der Waals surface area contributed by atoms with E-state index in [1.54, 1.807) is 0 Å². The highest BCUT2D eigenvalue weighted by atomic mass is 35.5. The minimum atomic E-state index is 0.557. The maximum atomic E-state index is 5.88. The maximum Gasteiger partial charge on any atom is 0.0426 e. The standard InChI is InChI=1S/C15H17ClN2/c1-18(11-12-6-8-14(16)9-7-12)15-5-3-2-4-13(15)10-17/h2-9H,10-11,17H2,1H3. The average Bonchev–Trinajstić information content (AvgIpc) is 2.41. The van der Waals surface area contributed by atoms with E-state index in [1.165, 1.54) is 11.3 Å². The second-order valence-electron chi connectivity index (χ2n) is 4.32. The summed E-state index contributed by atoms with van der Waals surface area (Å²) in [7, 11) is 2.07. The molecule has 2 N–H and O–H groups in total. The van der Waals surface area contributed by atoms with Gasteiger partial charge >= 0.3 is 0 Å². The van der Waals surface area contributed by atoms with Crippen LogP contribution in [0.4, 0.5) is 5.69 Å². The van der Waals surface area contributed by atoms with E-state index in [2.05, 4.69) is 24.1 Å². The van der Waals surface area contributed by atoms with Crippen molar-refractivity contribution >= 4 is 17.3 Å². The second-order valence-corrected chi connectivity index (χ2v) is 4.75. The summed E-state index contributed by atoms with van der Waals surface area (Å²) >= 11 is 5.88. The quantitative estimate of drug-likeness (QED) is 0.913. The van der Waals surface area contributed by atoms with Crippen molar-refractivity contribution in [2.45, 2.75) is 13.1 Å². The third kappa shape index (κ3) is 3.03. The molecule has 2 nitrogen and oxygen atoms in total. The summed E-state index contributed by atoms with van der Waals surface area (Å²) in [5.74, 6) is 0. The van der Waals surface area contributed by atoms with Gasteiger partial charge in [0.15, 0.2) is 0 Å². The molecule has 2 aromatic rings. The van der Waals surface area contributed by atoms with Crippen molar-refractivity contribution in [1.82, 2.24) is 0 Å². The zero-order valence-corrected chi connectivity index (χ0v) is 11.2. The Morgan fingerprint density at radius 1 is 1.06 bits per heavy atom. The Balaban J connectivity index is 2.16. The number of hydrogen-bond acceptors (Lipinski definition) is 2. The van der Waals surface area contributed by atoms with Crippen molar-refractivity contribution in [2.75, 3.05) is 11.9 Å². The summed E-state index contributed by atoms with van der Waals surface area (Å²) in [6.45, 7) is 1.40. The van der Waals surface area contributed by atoms with Crippen molar-refractivity contribution < 1.29 is 0 Å². The van der Waals surface area contributed by atoms with Gasteiger partial charge in [0.2, 0.25) is 0 Å². The van der Waals surface area contributed by atoms with Gasteiger partial charge in [-0.3, -0.25) is 0 Å². The van der Waals surface area contributed by atoms with Crippen LogP contribution in [0.25, 0.3) is 0 Å². The third-order valence-electron chi connectivity index (χ3n) is 2.96. The van der Waals surface area contributed by atoms with E-state index in [-0.39, 0.29) is 0 Å². The predicted molar refractivity (Wildman–Crippen MR) is 77.9 cm³/mol. The Morgan fingerprint density at radius 3 is 2.39 bits per heavy atom. The molecule has 0 amide bonds. The molecule has 0 fully saturated rings. The first-order valence-electron chi connectivity index (χ1n) is 5.94. The van der Waals surface area contributed by atoms with Crippen molar-refractivity contribution in [1.29, 1.82) is 0 Å². The molecule has 0 bridgehead atoms. The SMILES string of the molecule is CN(Cc1ccc(Cl)cc1)c1ccccc1CN. The molecule has 0 aliphatic rings. The zero-order valence-electron chi connectivity index (χ0n) is 10.4. The molecule has 3 heteroatoms. The molecule has 0 heterocycles. The average molecular weight is 261 g/mol. The van der Waals surface area contributed by atoms with E-state index in [0.717, 1.165) is 17.1 Å². The van der Waals surface area contributed by atoms with Crippen LogP contribution in [0.1, 0.15) is 11.1 Å². The van der Waals surface area contributed by atoms with E-state index in [9.17, 15) is 0 Å². The summed E-state index contributed by atoms with van der Waals surface area (Å²) in [6.07, 6.45) is 0. The summed E-state index contributed by atoms with van der Waals surface area (Å²) < 4.78 is 0. The Kier molecular flexibility index (Phi) is 4.24. The number of para-hydroxylation sites is 1. The minimum absolute atomic E-state index is 0.557. The molecule has 0 spiro atoms. The van der Waals surface area contributed by atoms with Crippen LogP contribution in [0.5, 0.6) is 0 Å². The number of hydrogen-bond donors (Lipinski definition) is 1. The van der Waals surface area contributed by atoms with E-state index in [4.69, 9.17) is 17.3 Å². The van der Waals surface area contributed by atoms with Crippen LogP contribution in [-0.4, -0.2) is 7.05 Å². The molecular weight excluding hydrogens is 244 g/mol. The Morgan fingerprint density at radius 2 is 1.72 bits per heavy atom. The van der Waals surface area contributed by atoms with Crippen molar-refractivity contribution in [3.63, 3.8) is 0 Å². The molecule has 0 unspecified atom stereocenters. The Hall–Kier alpha value is -1.51. The normalized spacial score (nSPS) is 10.4. The summed E-state index contributed by atoms with van der Waals surface area (Å²) in [4.78, 5) is 2.20. The van der Waals surface area contributed by atoms with E-state index in [1.807, 2.05) is 36.4 Å². The summed E-state index contributed by atoms with van der Waals surface area (Å²) in [6, 6.07) is 16.1. The topological polar surface area (TPSA) is 29.3 Å². The lowest BCUT2D eigenvalue weighted by Gasteiger charge is -2.22. The number of rotatable bonds is 4. The highest BCUT2D eigenvalue weighted by Crippen LogP contribution is 2.21. The molecule has 0 saturated carbocycles. The fourth-order valence-corrected chi connectivity index (χ4v) is 2.13. The number of nitrogens with two attached hydrogens (primary N) is 1. The number of halogens is 1. The largest absolute Gasteiger partial charge is 0.370 e. The smallest absolute Gasteiger partial charge is 0.0426 e. The fourth-order valence-electron chi connectivity index (χ4n) is 2.00. The Bertz CT molecular complexity index is 508. The van der Waals surface area contributed by atoms with Gasteiger partial charge in [0.1, 0.15) is 0 Å². The van der Waals surface area contributed by atoms with Gasteiger partial charge < -0.3 is 10.6 Å². The molecule has 2 aromatic carbocycles. The van der Waals surface area contributed by atoms with E-state index < -0.39 is 0 Å². The highest BCUT2D eigenvalue weighted by molar-refractivity contribution is 6.30. The lowest BCUT2D eigenvalue weighted by Crippen LogP contribution is -2.18. The third-order valence-corrected chi connectivity index (χ3v) is 3.21. The molecular formula is C15H17ClN2. The monoisotopic (exact) mass is 260 g/mol. The van der Waals surface area contributed by atoms with Crippen LogP contribution >= 0.6 is 11.6 Å². The summed E-state index contributed by atoms with van der Waals surface area (Å²) in [5, 5.41) is 0.767. The van der Waals surface area contributed by atoms with Crippen LogP contribution in [-0.2, 0) is 13.1 Å². The first-order chi connectivity index (χ1) is 8.70. The van der Waals surface area contributed by atoms with Crippen LogP contribution < -0.4 is 10.6 Å². The van der Waals surface area contributed by atoms with Gasteiger partial charge in [0.05, 0.1) is 0 Å². The van der Waals surface area contributed by atoms with Gasteiger partial charge in [-0.25, -0.2) is 0 Å². The molecule has 94 valence electrons. The van der Waals surface area contributed by atoms with Gasteiger partial charge in [0.25, 0.3) is 0 Å². The molecule has 2 rings (SSSR count). The zero-order chi connectivity index (χ0) is 13.0. The van der Waals surface area contributed by atoms with Crippen molar-refractivity contribution in [3.8, 4) is 0 Å². The number of benzene rings is 2. The predicted octanol–water partition coefficient (Wildman–Crippen LogP) is 3.44. The van der Waals surface area contributed by atoms with E-state index >= 15 is 0 Å². The Labute approximate surface area is 113 Å². The molecule has 0 aromatic heterocycles. The van der Waals surface area contributed by atoms with Crippen molar-refractivity contribution in [2.24, 2.45) is 5.73 Å². The maximum absolute atomic E-state index is 5.88. The molecule has 18 heavy (non-hydrogen) atoms. The van der Waals surface area contributed by atoms with E-state index in [0.29, 0.717) is 6.54 Å². The van der Waals surface area contributed by atoms with Gasteiger partial charge in [-0.2, -0.15) is 0 Å². The molecule has 0 radical (unpaired) electrons. The van der Waals surface area contributed by atoms with Gasteiger partial charge in [-0.1, -0.05) is 41.9 Å². The number of anilines is 1. The van der Waals surface area contributed by atoms with Gasteiger partial charge in [-0.05, 0) is 29.3 Å². The molecule has 0 aliphatic heterocycles. The van der Waals surface area contributed by atoms with Crippen molar-refractivity contribution in [3.05, 3.63) is 64.7 Å². The minimum Gasteiger partial charge on any atom is -0.370 e. The van der Waals surface area contributed by atoms with Crippen LogP contribution in [0.3, 0.4) is 0 Å². The second kappa shape index (κ2) is 5.89. The first-order valence-corrected chi connectivity index (χ1v) is 6.32. The summed E-state index contributed by atoms with van der Waals surface area (Å²) in [5.41, 5.74) is 9.32. The van der Waals surface area contributed by atoms with Crippen LogP contribution in [0, 0.1) is 0 Å². The van der Waals surface area contributed by atoms with Gasteiger partial charge in [0, 0.05) is 30.8 Å². The van der Waals surface area contributed by atoms with Gasteiger partial charge in [-0.15, -0.1) is 0 Å². The lowest BCUT2D eigenvalue weighted by molar-refractivity contribution is 0.904. The number of nitrogens with zero attached hydrogens (tertiary/aromatic N) is 1. The molecule has 0 atom stereocenters. The lowest BCUT2D eigenvalue weighted by atomic mass is 10.1. The fraction of sp³-hybridized carbons (Fsp3) is 0.200. The molecule has 0 aliphatic carbocycles. The highest BCUT2D eigenvalue weighted by Gasteiger charge is 2.06. The van der Waals surface area contributed by atoms with Crippen LogP contribution in [0.2, 0.25) is 5.02 Å².